The predicted molar refractivity (Wildman–Crippen MR) is 63.7 cm³/mol. The van der Waals surface area contributed by atoms with E-state index < -0.39 is 0 Å². The number of rotatable bonds is 3. The number of halogens is 1. The number of H-pyrrole nitrogens is 1. The molecule has 2 heterocycles. The van der Waals surface area contributed by atoms with Crippen LogP contribution in [0.4, 0.5) is 0 Å². The van der Waals surface area contributed by atoms with Crippen molar-refractivity contribution in [3.63, 3.8) is 0 Å². The van der Waals surface area contributed by atoms with E-state index in [0.29, 0.717) is 10.6 Å². The summed E-state index contributed by atoms with van der Waals surface area (Å²) in [7, 11) is 0. The van der Waals surface area contributed by atoms with Crippen molar-refractivity contribution in [2.75, 3.05) is 0 Å². The van der Waals surface area contributed by atoms with Gasteiger partial charge in [0.15, 0.2) is 0 Å². The number of carbonyl (C=O) groups is 1. The van der Waals surface area contributed by atoms with Gasteiger partial charge in [0, 0.05) is 24.2 Å². The van der Waals surface area contributed by atoms with Gasteiger partial charge >= 0.3 is 0 Å². The van der Waals surface area contributed by atoms with E-state index in [1.807, 2.05) is 6.92 Å². The van der Waals surface area contributed by atoms with E-state index in [-0.39, 0.29) is 11.9 Å². The molecule has 1 unspecified atom stereocenters. The van der Waals surface area contributed by atoms with Crippen LogP contribution in [0.15, 0.2) is 30.9 Å². The van der Waals surface area contributed by atoms with Crippen molar-refractivity contribution in [2.24, 2.45) is 0 Å². The van der Waals surface area contributed by atoms with Gasteiger partial charge in [-0.3, -0.25) is 14.9 Å². The van der Waals surface area contributed by atoms with Crippen molar-refractivity contribution >= 4 is 17.5 Å². The molecule has 5 nitrogen and oxygen atoms in total. The zero-order valence-electron chi connectivity index (χ0n) is 9.14. The molecule has 1 atom stereocenters. The van der Waals surface area contributed by atoms with Crippen LogP contribution in [0.1, 0.15) is 28.9 Å². The third kappa shape index (κ3) is 2.62. The Hall–Kier alpha value is -1.88. The van der Waals surface area contributed by atoms with Crippen LogP contribution < -0.4 is 5.32 Å². The highest BCUT2D eigenvalue weighted by atomic mass is 35.5. The second kappa shape index (κ2) is 4.97. The molecule has 0 aromatic carbocycles. The third-order valence-electron chi connectivity index (χ3n) is 2.38. The van der Waals surface area contributed by atoms with E-state index >= 15 is 0 Å². The van der Waals surface area contributed by atoms with Crippen LogP contribution in [0.2, 0.25) is 5.02 Å². The molecule has 2 N–H and O–H groups in total. The highest BCUT2D eigenvalue weighted by molar-refractivity contribution is 6.33. The van der Waals surface area contributed by atoms with Crippen molar-refractivity contribution in [3.05, 3.63) is 47.0 Å². The van der Waals surface area contributed by atoms with Crippen LogP contribution in [-0.2, 0) is 0 Å². The van der Waals surface area contributed by atoms with E-state index in [4.69, 9.17) is 11.6 Å². The fourth-order valence-electron chi connectivity index (χ4n) is 1.40. The van der Waals surface area contributed by atoms with Crippen molar-refractivity contribution in [2.45, 2.75) is 13.0 Å². The lowest BCUT2D eigenvalue weighted by molar-refractivity contribution is 0.0939. The maximum absolute atomic E-state index is 11.9. The molecule has 2 aromatic rings. The first-order valence-corrected chi connectivity index (χ1v) is 5.45. The van der Waals surface area contributed by atoms with Crippen LogP contribution in [0.3, 0.4) is 0 Å². The average molecular weight is 251 g/mol. The summed E-state index contributed by atoms with van der Waals surface area (Å²) in [5.41, 5.74) is 1.27. The lowest BCUT2D eigenvalue weighted by Crippen LogP contribution is -2.26. The smallest absolute Gasteiger partial charge is 0.254 e. The highest BCUT2D eigenvalue weighted by Gasteiger charge is 2.14. The van der Waals surface area contributed by atoms with Crippen LogP contribution in [0.5, 0.6) is 0 Å². The van der Waals surface area contributed by atoms with Gasteiger partial charge in [-0.2, -0.15) is 5.10 Å². The lowest BCUT2D eigenvalue weighted by atomic mass is 10.2. The topological polar surface area (TPSA) is 70.7 Å². The summed E-state index contributed by atoms with van der Waals surface area (Å²) in [6.07, 6.45) is 6.38. The Morgan fingerprint density at radius 1 is 1.53 bits per heavy atom. The van der Waals surface area contributed by atoms with Gasteiger partial charge in [-0.05, 0) is 13.0 Å². The first-order valence-electron chi connectivity index (χ1n) is 5.07. The standard InChI is InChI=1S/C11H11ClN4O/c1-7(8-4-14-15-5-8)16-11(17)9-6-13-3-2-10(9)12/h2-7H,1H3,(H,14,15)(H,16,17). The number of hydrogen-bond donors (Lipinski definition) is 2. The number of nitrogens with zero attached hydrogens (tertiary/aromatic N) is 2. The third-order valence-corrected chi connectivity index (χ3v) is 2.71. The summed E-state index contributed by atoms with van der Waals surface area (Å²) < 4.78 is 0. The van der Waals surface area contributed by atoms with Crippen LogP contribution in [-0.4, -0.2) is 21.1 Å². The molecule has 0 radical (unpaired) electrons. The zero-order valence-corrected chi connectivity index (χ0v) is 9.90. The Morgan fingerprint density at radius 2 is 2.35 bits per heavy atom. The normalized spacial score (nSPS) is 12.1. The molecule has 0 bridgehead atoms. The lowest BCUT2D eigenvalue weighted by Gasteiger charge is -2.12. The Balaban J connectivity index is 2.10. The van der Waals surface area contributed by atoms with E-state index in [9.17, 15) is 4.79 Å². The minimum atomic E-state index is -0.253. The second-order valence-electron chi connectivity index (χ2n) is 3.58. The van der Waals surface area contributed by atoms with Gasteiger partial charge < -0.3 is 5.32 Å². The maximum atomic E-state index is 11.9. The fourth-order valence-corrected chi connectivity index (χ4v) is 1.59. The number of pyridine rings is 1. The van der Waals surface area contributed by atoms with Crippen molar-refractivity contribution in [3.8, 4) is 0 Å². The van der Waals surface area contributed by atoms with E-state index in [1.54, 1.807) is 24.7 Å². The first kappa shape index (κ1) is 11.6. The number of aromatic nitrogens is 3. The Labute approximate surface area is 103 Å². The van der Waals surface area contributed by atoms with Gasteiger partial charge in [-0.1, -0.05) is 11.6 Å². The molecule has 88 valence electrons. The Kier molecular flexibility index (Phi) is 3.39. The van der Waals surface area contributed by atoms with Gasteiger partial charge in [-0.15, -0.1) is 0 Å². The van der Waals surface area contributed by atoms with Crippen LogP contribution in [0, 0.1) is 0 Å². The number of nitrogens with one attached hydrogen (secondary N) is 2. The first-order chi connectivity index (χ1) is 8.18. The van der Waals surface area contributed by atoms with Crippen molar-refractivity contribution < 1.29 is 4.79 Å². The molecule has 0 saturated carbocycles. The van der Waals surface area contributed by atoms with Crippen LogP contribution in [0.25, 0.3) is 0 Å². The quantitative estimate of drug-likeness (QED) is 0.875. The summed E-state index contributed by atoms with van der Waals surface area (Å²) >= 11 is 5.91. The second-order valence-corrected chi connectivity index (χ2v) is 3.99. The zero-order chi connectivity index (χ0) is 12.3. The predicted octanol–water partition coefficient (Wildman–Crippen LogP) is 1.95. The van der Waals surface area contributed by atoms with E-state index in [0.717, 1.165) is 5.56 Å². The molecule has 17 heavy (non-hydrogen) atoms. The monoisotopic (exact) mass is 250 g/mol. The number of hydrogen-bond acceptors (Lipinski definition) is 3. The van der Waals surface area contributed by atoms with Gasteiger partial charge in [0.25, 0.3) is 5.91 Å². The molecule has 2 aromatic heterocycles. The fraction of sp³-hybridized carbons (Fsp3) is 0.182. The minimum Gasteiger partial charge on any atom is -0.345 e. The molecule has 6 heteroatoms. The molecular formula is C11H11ClN4O. The molecule has 0 aliphatic rings. The number of aromatic amines is 1. The van der Waals surface area contributed by atoms with E-state index in [2.05, 4.69) is 20.5 Å². The summed E-state index contributed by atoms with van der Waals surface area (Å²) in [5.74, 6) is -0.253. The largest absolute Gasteiger partial charge is 0.345 e. The van der Waals surface area contributed by atoms with Gasteiger partial charge in [-0.25, -0.2) is 0 Å². The molecule has 0 aliphatic carbocycles. The van der Waals surface area contributed by atoms with Gasteiger partial charge in [0.2, 0.25) is 0 Å². The number of carbonyl (C=O) groups excluding carboxylic acids is 1. The van der Waals surface area contributed by atoms with Gasteiger partial charge in [0.05, 0.1) is 22.8 Å². The molecule has 0 spiro atoms. The molecule has 0 aliphatic heterocycles. The minimum absolute atomic E-state index is 0.141. The molecule has 1 amide bonds. The highest BCUT2D eigenvalue weighted by Crippen LogP contribution is 2.15. The summed E-state index contributed by atoms with van der Waals surface area (Å²) in [4.78, 5) is 15.8. The molecule has 0 saturated heterocycles. The van der Waals surface area contributed by atoms with Crippen molar-refractivity contribution in [1.82, 2.24) is 20.5 Å². The molecule has 0 fully saturated rings. The number of amides is 1. The molecular weight excluding hydrogens is 240 g/mol. The summed E-state index contributed by atoms with van der Waals surface area (Å²) in [6, 6.07) is 1.44. The Morgan fingerprint density at radius 3 is 3.00 bits per heavy atom. The van der Waals surface area contributed by atoms with Crippen LogP contribution >= 0.6 is 11.6 Å². The summed E-state index contributed by atoms with van der Waals surface area (Å²) in [5, 5.41) is 9.72. The maximum Gasteiger partial charge on any atom is 0.254 e. The van der Waals surface area contributed by atoms with Gasteiger partial charge in [0.1, 0.15) is 0 Å². The van der Waals surface area contributed by atoms with Crippen molar-refractivity contribution in [1.29, 1.82) is 0 Å². The summed E-state index contributed by atoms with van der Waals surface area (Å²) in [6.45, 7) is 1.87. The molecule has 2 rings (SSSR count). The average Bonchev–Trinajstić information content (AvgIpc) is 2.82. The Bertz CT molecular complexity index is 512. The SMILES string of the molecule is CC(NC(=O)c1cnccc1Cl)c1cn[nH]c1. The van der Waals surface area contributed by atoms with E-state index in [1.165, 1.54) is 6.20 Å².